The van der Waals surface area contributed by atoms with Gasteiger partial charge in [-0.25, -0.2) is 9.97 Å². The van der Waals surface area contributed by atoms with Gasteiger partial charge in [-0.2, -0.15) is 23.0 Å². The number of amides is 1. The number of likely N-dealkylation sites (N-methyl/N-ethyl adjacent to an activating group) is 1. The minimum Gasteiger partial charge on any atom is -0.373 e. The summed E-state index contributed by atoms with van der Waals surface area (Å²) in [4.78, 5) is 26.1. The van der Waals surface area contributed by atoms with Crippen molar-refractivity contribution in [2.45, 2.75) is 32.1 Å². The SMILES string of the molecule is CNc1cc(-n2nc(CN3CCC(N(C)C)C3)cc2Nc2cc(NC(=O)c3cccc(C(F)(F)F)c3)ccc2C)ncn1. The Morgan fingerprint density at radius 2 is 1.91 bits per heavy atom. The molecule has 1 saturated heterocycles. The Labute approximate surface area is 247 Å². The Bertz CT molecular complexity index is 1600. The second kappa shape index (κ2) is 12.4. The first-order valence-corrected chi connectivity index (χ1v) is 13.8. The molecule has 226 valence electrons. The van der Waals surface area contributed by atoms with E-state index in [1.165, 1.54) is 18.5 Å². The lowest BCUT2D eigenvalue weighted by Crippen LogP contribution is -2.31. The number of aromatic nitrogens is 4. The highest BCUT2D eigenvalue weighted by Crippen LogP contribution is 2.31. The highest BCUT2D eigenvalue weighted by molar-refractivity contribution is 6.04. The Morgan fingerprint density at radius 1 is 1.09 bits per heavy atom. The van der Waals surface area contributed by atoms with E-state index in [2.05, 4.69) is 49.8 Å². The molecule has 1 fully saturated rings. The summed E-state index contributed by atoms with van der Waals surface area (Å²) in [6.07, 6.45) is -1.99. The maximum atomic E-state index is 13.2. The van der Waals surface area contributed by atoms with Crippen molar-refractivity contribution in [3.8, 4) is 5.82 Å². The Morgan fingerprint density at radius 3 is 2.63 bits per heavy atom. The smallest absolute Gasteiger partial charge is 0.373 e. The summed E-state index contributed by atoms with van der Waals surface area (Å²) in [6.45, 7) is 4.51. The molecular formula is C30H34F3N9O. The van der Waals surface area contributed by atoms with Gasteiger partial charge < -0.3 is 20.9 Å². The number of carbonyl (C=O) groups excluding carboxylic acids is 1. The molecule has 0 bridgehead atoms. The third-order valence-corrected chi connectivity index (χ3v) is 7.46. The van der Waals surface area contributed by atoms with Gasteiger partial charge in [-0.05, 0) is 63.3 Å². The van der Waals surface area contributed by atoms with Crippen LogP contribution in [0, 0.1) is 6.92 Å². The van der Waals surface area contributed by atoms with Crippen LogP contribution in [0.2, 0.25) is 0 Å². The van der Waals surface area contributed by atoms with Gasteiger partial charge in [0, 0.05) is 61.8 Å². The van der Waals surface area contributed by atoms with Crippen molar-refractivity contribution >= 4 is 28.9 Å². The van der Waals surface area contributed by atoms with Crippen LogP contribution in [0.25, 0.3) is 5.82 Å². The predicted octanol–water partition coefficient (Wildman–Crippen LogP) is 5.16. The minimum atomic E-state index is -4.54. The van der Waals surface area contributed by atoms with Gasteiger partial charge >= 0.3 is 6.18 Å². The molecule has 4 aromatic rings. The van der Waals surface area contributed by atoms with E-state index in [4.69, 9.17) is 5.10 Å². The lowest BCUT2D eigenvalue weighted by Gasteiger charge is -2.19. The zero-order valence-corrected chi connectivity index (χ0v) is 24.4. The fraction of sp³-hybridized carbons (Fsp3) is 0.333. The van der Waals surface area contributed by atoms with Gasteiger partial charge in [0.15, 0.2) is 5.82 Å². The molecule has 2 aromatic carbocycles. The van der Waals surface area contributed by atoms with Gasteiger partial charge in [0.25, 0.3) is 5.91 Å². The average molecular weight is 594 g/mol. The maximum absolute atomic E-state index is 13.2. The van der Waals surface area contributed by atoms with Crippen LogP contribution in [-0.4, -0.2) is 75.7 Å². The van der Waals surface area contributed by atoms with Crippen LogP contribution in [0.1, 0.15) is 33.6 Å². The number of nitrogens with one attached hydrogen (secondary N) is 3. The van der Waals surface area contributed by atoms with Crippen molar-refractivity contribution in [1.29, 1.82) is 0 Å². The van der Waals surface area contributed by atoms with Crippen molar-refractivity contribution in [2.24, 2.45) is 0 Å². The standard InChI is InChI=1S/C30H34F3N9O/c1-19-8-9-22(37-29(43)20-6-5-7-21(12-20)30(31,32)33)13-25(19)38-28-14-23(16-41-11-10-24(17-41)40(3)4)39-42(28)27-15-26(34-2)35-18-36-27/h5-9,12-15,18,24,38H,10-11,16-17H2,1-4H3,(H,37,43)(H,34,35,36). The number of halogens is 3. The summed E-state index contributed by atoms with van der Waals surface area (Å²) in [5.41, 5.74) is 1.89. The van der Waals surface area contributed by atoms with E-state index in [1.807, 2.05) is 19.1 Å². The predicted molar refractivity (Wildman–Crippen MR) is 160 cm³/mol. The quantitative estimate of drug-likeness (QED) is 0.245. The number of hydrogen-bond donors (Lipinski definition) is 3. The number of hydrogen-bond acceptors (Lipinski definition) is 8. The van der Waals surface area contributed by atoms with Crippen molar-refractivity contribution in [3.63, 3.8) is 0 Å². The largest absolute Gasteiger partial charge is 0.416 e. The van der Waals surface area contributed by atoms with Gasteiger partial charge in [-0.3, -0.25) is 9.69 Å². The number of carbonyl (C=O) groups is 1. The molecule has 43 heavy (non-hydrogen) atoms. The van der Waals surface area contributed by atoms with E-state index in [1.54, 1.807) is 29.9 Å². The monoisotopic (exact) mass is 593 g/mol. The number of nitrogens with zero attached hydrogens (tertiary/aromatic N) is 6. The highest BCUT2D eigenvalue weighted by Gasteiger charge is 2.31. The lowest BCUT2D eigenvalue weighted by molar-refractivity contribution is -0.137. The average Bonchev–Trinajstić information content (AvgIpc) is 3.62. The molecule has 3 N–H and O–H groups in total. The summed E-state index contributed by atoms with van der Waals surface area (Å²) in [7, 11) is 5.96. The summed E-state index contributed by atoms with van der Waals surface area (Å²) in [5, 5.41) is 14.0. The molecule has 3 heterocycles. The molecule has 0 radical (unpaired) electrons. The molecule has 0 aliphatic carbocycles. The first kappa shape index (κ1) is 30.0. The molecule has 1 aliphatic rings. The minimum absolute atomic E-state index is 0.0878. The van der Waals surface area contributed by atoms with Crippen LogP contribution in [0.15, 0.2) is 60.9 Å². The van der Waals surface area contributed by atoms with E-state index in [-0.39, 0.29) is 5.56 Å². The molecule has 10 nitrogen and oxygen atoms in total. The molecule has 0 saturated carbocycles. The fourth-order valence-corrected chi connectivity index (χ4v) is 4.99. The zero-order chi connectivity index (χ0) is 30.7. The second-order valence-electron chi connectivity index (χ2n) is 10.8. The summed E-state index contributed by atoms with van der Waals surface area (Å²) < 4.78 is 41.2. The van der Waals surface area contributed by atoms with Crippen molar-refractivity contribution in [1.82, 2.24) is 29.5 Å². The number of aryl methyl sites for hydroxylation is 1. The van der Waals surface area contributed by atoms with Gasteiger partial charge in [0.05, 0.1) is 11.3 Å². The van der Waals surface area contributed by atoms with E-state index < -0.39 is 17.6 Å². The van der Waals surface area contributed by atoms with Gasteiger partial charge in [0.2, 0.25) is 0 Å². The van der Waals surface area contributed by atoms with Crippen LogP contribution < -0.4 is 16.0 Å². The number of benzene rings is 2. The van der Waals surface area contributed by atoms with Crippen molar-refractivity contribution in [2.75, 3.05) is 50.2 Å². The molecular weight excluding hydrogens is 559 g/mol. The molecule has 2 aromatic heterocycles. The fourth-order valence-electron chi connectivity index (χ4n) is 4.99. The normalized spacial score (nSPS) is 15.6. The number of rotatable bonds is 9. The third-order valence-electron chi connectivity index (χ3n) is 7.46. The molecule has 1 atom stereocenters. The van der Waals surface area contributed by atoms with Crippen LogP contribution in [-0.2, 0) is 12.7 Å². The van der Waals surface area contributed by atoms with Gasteiger partial charge in [0.1, 0.15) is 18.0 Å². The highest BCUT2D eigenvalue weighted by atomic mass is 19.4. The van der Waals surface area contributed by atoms with E-state index in [0.717, 1.165) is 42.9 Å². The molecule has 1 aliphatic heterocycles. The van der Waals surface area contributed by atoms with E-state index >= 15 is 0 Å². The Kier molecular flexibility index (Phi) is 8.64. The van der Waals surface area contributed by atoms with Crippen LogP contribution in [0.4, 0.5) is 36.2 Å². The summed E-state index contributed by atoms with van der Waals surface area (Å²) in [5.74, 6) is 1.21. The van der Waals surface area contributed by atoms with Crippen LogP contribution >= 0.6 is 0 Å². The number of anilines is 4. The molecule has 1 amide bonds. The first-order chi connectivity index (χ1) is 20.5. The van der Waals surface area contributed by atoms with Crippen LogP contribution in [0.3, 0.4) is 0 Å². The van der Waals surface area contributed by atoms with E-state index in [9.17, 15) is 18.0 Å². The third kappa shape index (κ3) is 7.12. The topological polar surface area (TPSA) is 103 Å². The molecule has 13 heteroatoms. The van der Waals surface area contributed by atoms with E-state index in [0.29, 0.717) is 41.4 Å². The number of alkyl halides is 3. The van der Waals surface area contributed by atoms with Gasteiger partial charge in [-0.1, -0.05) is 12.1 Å². The molecule has 1 unspecified atom stereocenters. The molecule has 5 rings (SSSR count). The maximum Gasteiger partial charge on any atom is 0.416 e. The van der Waals surface area contributed by atoms with Crippen LogP contribution in [0.5, 0.6) is 0 Å². The van der Waals surface area contributed by atoms with Crippen molar-refractivity contribution < 1.29 is 18.0 Å². The summed E-state index contributed by atoms with van der Waals surface area (Å²) >= 11 is 0. The Hall–Kier alpha value is -4.49. The second-order valence-corrected chi connectivity index (χ2v) is 10.8. The molecule has 0 spiro atoms. The lowest BCUT2D eigenvalue weighted by atomic mass is 10.1. The van der Waals surface area contributed by atoms with Crippen molar-refractivity contribution in [3.05, 3.63) is 83.3 Å². The van der Waals surface area contributed by atoms with Gasteiger partial charge in [-0.15, -0.1) is 0 Å². The summed E-state index contributed by atoms with van der Waals surface area (Å²) in [6, 6.07) is 13.8. The zero-order valence-electron chi connectivity index (χ0n) is 24.4. The number of likely N-dealkylation sites (tertiary alicyclic amines) is 1. The Balaban J connectivity index is 1.41. The first-order valence-electron chi connectivity index (χ1n) is 13.8.